The van der Waals surface area contributed by atoms with Gasteiger partial charge in [0, 0.05) is 25.6 Å². The molecule has 122 valence electrons. The summed E-state index contributed by atoms with van der Waals surface area (Å²) >= 11 is 0. The first-order valence-electron chi connectivity index (χ1n) is 6.92. The molecule has 0 aliphatic heterocycles. The SMILES string of the molecule is CCN(C(=O)NC(CCC(N)=O)C(=O)O)C(C)CN(C)C. The quantitative estimate of drug-likeness (QED) is 0.540. The molecule has 0 radical (unpaired) electrons. The number of nitrogens with one attached hydrogen (secondary N) is 1. The molecule has 8 nitrogen and oxygen atoms in total. The summed E-state index contributed by atoms with van der Waals surface area (Å²) in [6, 6.07) is -1.63. The number of amides is 3. The van der Waals surface area contributed by atoms with Gasteiger partial charge in [0.1, 0.15) is 6.04 Å². The molecule has 2 unspecified atom stereocenters. The van der Waals surface area contributed by atoms with Crippen molar-refractivity contribution in [3.63, 3.8) is 0 Å². The number of likely N-dealkylation sites (N-methyl/N-ethyl adjacent to an activating group) is 2. The zero-order valence-electron chi connectivity index (χ0n) is 13.1. The highest BCUT2D eigenvalue weighted by Crippen LogP contribution is 2.04. The molecule has 0 rings (SSSR count). The van der Waals surface area contributed by atoms with E-state index in [2.05, 4.69) is 5.32 Å². The Kier molecular flexibility index (Phi) is 8.37. The number of carboxylic acid groups (broad SMARTS) is 1. The van der Waals surface area contributed by atoms with Crippen LogP contribution in [-0.2, 0) is 9.59 Å². The molecule has 0 fully saturated rings. The van der Waals surface area contributed by atoms with Crippen LogP contribution in [0.5, 0.6) is 0 Å². The molecule has 8 heteroatoms. The van der Waals surface area contributed by atoms with E-state index in [9.17, 15) is 14.4 Å². The Morgan fingerprint density at radius 3 is 2.24 bits per heavy atom. The molecule has 21 heavy (non-hydrogen) atoms. The van der Waals surface area contributed by atoms with Crippen LogP contribution < -0.4 is 11.1 Å². The minimum atomic E-state index is -1.18. The lowest BCUT2D eigenvalue weighted by Gasteiger charge is -2.31. The number of rotatable bonds is 9. The number of hydrogen-bond acceptors (Lipinski definition) is 4. The number of carbonyl (C=O) groups is 3. The number of carbonyl (C=O) groups excluding carboxylic acids is 2. The average Bonchev–Trinajstić information content (AvgIpc) is 2.33. The van der Waals surface area contributed by atoms with Crippen LogP contribution in [0.25, 0.3) is 0 Å². The third-order valence-corrected chi connectivity index (χ3v) is 3.04. The van der Waals surface area contributed by atoms with E-state index in [0.29, 0.717) is 13.1 Å². The van der Waals surface area contributed by atoms with Crippen LogP contribution in [-0.4, -0.2) is 72.1 Å². The third kappa shape index (κ3) is 7.50. The normalized spacial score (nSPS) is 13.6. The van der Waals surface area contributed by atoms with Crippen LogP contribution in [0.15, 0.2) is 0 Å². The number of carboxylic acids is 1. The standard InChI is InChI=1S/C13H26N4O4/c1-5-17(9(2)8-16(3)4)13(21)15-10(12(19)20)6-7-11(14)18/h9-10H,5-8H2,1-4H3,(H2,14,18)(H,15,21)(H,19,20). The molecule has 0 bridgehead atoms. The molecule has 0 aliphatic carbocycles. The maximum absolute atomic E-state index is 12.2. The van der Waals surface area contributed by atoms with Gasteiger partial charge < -0.3 is 26.0 Å². The first-order chi connectivity index (χ1) is 9.68. The van der Waals surface area contributed by atoms with Gasteiger partial charge in [-0.15, -0.1) is 0 Å². The van der Waals surface area contributed by atoms with Crippen LogP contribution in [0.2, 0.25) is 0 Å². The van der Waals surface area contributed by atoms with Crippen LogP contribution in [0, 0.1) is 0 Å². The van der Waals surface area contributed by atoms with Crippen molar-refractivity contribution in [3.05, 3.63) is 0 Å². The van der Waals surface area contributed by atoms with Gasteiger partial charge in [-0.2, -0.15) is 0 Å². The van der Waals surface area contributed by atoms with E-state index in [1.165, 1.54) is 0 Å². The van der Waals surface area contributed by atoms with Crippen molar-refractivity contribution in [1.29, 1.82) is 0 Å². The van der Waals surface area contributed by atoms with Gasteiger partial charge in [-0.25, -0.2) is 9.59 Å². The van der Waals surface area contributed by atoms with Crippen LogP contribution in [0.1, 0.15) is 26.7 Å². The van der Waals surface area contributed by atoms with Gasteiger partial charge in [-0.1, -0.05) is 0 Å². The highest BCUT2D eigenvalue weighted by Gasteiger charge is 2.25. The topological polar surface area (TPSA) is 116 Å². The number of aliphatic carboxylic acids is 1. The lowest BCUT2D eigenvalue weighted by molar-refractivity contribution is -0.139. The molecule has 0 aromatic rings. The number of urea groups is 1. The minimum Gasteiger partial charge on any atom is -0.480 e. The molecular weight excluding hydrogens is 276 g/mol. The van der Waals surface area contributed by atoms with Gasteiger partial charge in [0.05, 0.1) is 0 Å². The summed E-state index contributed by atoms with van der Waals surface area (Å²) < 4.78 is 0. The van der Waals surface area contributed by atoms with Gasteiger partial charge in [-0.3, -0.25) is 4.79 Å². The molecule has 2 atom stereocenters. The van der Waals surface area contributed by atoms with Crippen molar-refractivity contribution in [3.8, 4) is 0 Å². The molecule has 4 N–H and O–H groups in total. The first kappa shape index (κ1) is 19.2. The lowest BCUT2D eigenvalue weighted by Crippen LogP contribution is -2.52. The third-order valence-electron chi connectivity index (χ3n) is 3.04. The number of hydrogen-bond donors (Lipinski definition) is 3. The molecule has 0 saturated heterocycles. The summed E-state index contributed by atoms with van der Waals surface area (Å²) in [5, 5.41) is 11.5. The number of nitrogens with zero attached hydrogens (tertiary/aromatic N) is 2. The second kappa shape index (κ2) is 9.17. The average molecular weight is 302 g/mol. The summed E-state index contributed by atoms with van der Waals surface area (Å²) in [6.07, 6.45) is -0.105. The van der Waals surface area contributed by atoms with Crippen molar-refractivity contribution >= 4 is 17.9 Å². The van der Waals surface area contributed by atoms with Gasteiger partial charge in [0.25, 0.3) is 0 Å². The summed E-state index contributed by atoms with van der Waals surface area (Å²) in [4.78, 5) is 37.5. The maximum atomic E-state index is 12.2. The molecule has 0 aromatic carbocycles. The van der Waals surface area contributed by atoms with Crippen molar-refractivity contribution in [2.24, 2.45) is 5.73 Å². The van der Waals surface area contributed by atoms with E-state index in [0.717, 1.165) is 0 Å². The molecular formula is C13H26N4O4. The maximum Gasteiger partial charge on any atom is 0.326 e. The van der Waals surface area contributed by atoms with E-state index in [1.54, 1.807) is 4.90 Å². The van der Waals surface area contributed by atoms with E-state index in [-0.39, 0.29) is 18.9 Å². The fourth-order valence-electron chi connectivity index (χ4n) is 2.06. The van der Waals surface area contributed by atoms with Crippen molar-refractivity contribution in [2.45, 2.75) is 38.8 Å². The van der Waals surface area contributed by atoms with Gasteiger partial charge >= 0.3 is 12.0 Å². The Morgan fingerprint density at radius 1 is 1.29 bits per heavy atom. The number of primary amides is 1. The van der Waals surface area contributed by atoms with Gasteiger partial charge in [-0.05, 0) is 34.4 Å². The Hall–Kier alpha value is -1.83. The lowest BCUT2D eigenvalue weighted by atomic mass is 10.1. The Morgan fingerprint density at radius 2 is 1.86 bits per heavy atom. The fourth-order valence-corrected chi connectivity index (χ4v) is 2.06. The monoisotopic (exact) mass is 302 g/mol. The smallest absolute Gasteiger partial charge is 0.326 e. The van der Waals surface area contributed by atoms with Gasteiger partial charge in [0.2, 0.25) is 5.91 Å². The van der Waals surface area contributed by atoms with E-state index < -0.39 is 23.9 Å². The highest BCUT2D eigenvalue weighted by atomic mass is 16.4. The zero-order valence-corrected chi connectivity index (χ0v) is 13.1. The first-order valence-corrected chi connectivity index (χ1v) is 6.92. The van der Waals surface area contributed by atoms with Crippen LogP contribution >= 0.6 is 0 Å². The van der Waals surface area contributed by atoms with Crippen molar-refractivity contribution in [1.82, 2.24) is 15.1 Å². The summed E-state index contributed by atoms with van der Waals surface area (Å²) in [7, 11) is 3.80. The molecule has 0 saturated carbocycles. The second-order valence-corrected chi connectivity index (χ2v) is 5.24. The predicted octanol–water partition coefficient (Wildman–Crippen LogP) is -0.313. The summed E-state index contributed by atoms with van der Waals surface area (Å²) in [5.41, 5.74) is 5.00. The Balaban J connectivity index is 4.69. The van der Waals surface area contributed by atoms with Gasteiger partial charge in [0.15, 0.2) is 0 Å². The summed E-state index contributed by atoms with van der Waals surface area (Å²) in [6.45, 7) is 4.84. The highest BCUT2D eigenvalue weighted by molar-refractivity contribution is 5.83. The zero-order chi connectivity index (χ0) is 16.6. The van der Waals surface area contributed by atoms with Crippen LogP contribution in [0.3, 0.4) is 0 Å². The molecule has 0 aliphatic rings. The molecule has 0 heterocycles. The fraction of sp³-hybridized carbons (Fsp3) is 0.769. The Bertz CT molecular complexity index is 373. The molecule has 3 amide bonds. The number of nitrogens with two attached hydrogens (primary N) is 1. The van der Waals surface area contributed by atoms with Crippen LogP contribution in [0.4, 0.5) is 4.79 Å². The van der Waals surface area contributed by atoms with E-state index >= 15 is 0 Å². The predicted molar refractivity (Wildman–Crippen MR) is 78.8 cm³/mol. The second-order valence-electron chi connectivity index (χ2n) is 5.24. The van der Waals surface area contributed by atoms with Crippen molar-refractivity contribution in [2.75, 3.05) is 27.2 Å². The van der Waals surface area contributed by atoms with E-state index in [4.69, 9.17) is 10.8 Å². The van der Waals surface area contributed by atoms with E-state index in [1.807, 2.05) is 32.8 Å². The largest absolute Gasteiger partial charge is 0.480 e. The minimum absolute atomic E-state index is 0.0178. The summed E-state index contributed by atoms with van der Waals surface area (Å²) in [5.74, 6) is -1.77. The van der Waals surface area contributed by atoms with Crippen molar-refractivity contribution < 1.29 is 19.5 Å². The molecule has 0 aromatic heterocycles. The Labute approximate surface area is 125 Å². The molecule has 0 spiro atoms.